The second kappa shape index (κ2) is 8.82. The van der Waals surface area contributed by atoms with E-state index in [2.05, 4.69) is 16.8 Å². The van der Waals surface area contributed by atoms with E-state index >= 15 is 0 Å². The van der Waals surface area contributed by atoms with E-state index in [-0.39, 0.29) is 22.9 Å². The number of nitrogens with one attached hydrogen (secondary N) is 1. The maximum absolute atomic E-state index is 13.1. The Kier molecular flexibility index (Phi) is 6.20. The number of hydroxylamine groups is 1. The molecule has 0 bridgehead atoms. The van der Waals surface area contributed by atoms with Gasteiger partial charge >= 0.3 is 0 Å². The van der Waals surface area contributed by atoms with Crippen molar-refractivity contribution < 1.29 is 23.2 Å². The van der Waals surface area contributed by atoms with Crippen molar-refractivity contribution in [3.63, 3.8) is 0 Å². The summed E-state index contributed by atoms with van der Waals surface area (Å²) in [5.74, 6) is 4.95. The van der Waals surface area contributed by atoms with E-state index in [0.717, 1.165) is 4.31 Å². The summed E-state index contributed by atoms with van der Waals surface area (Å²) in [6.07, 6.45) is 0. The third-order valence-corrected chi connectivity index (χ3v) is 6.08. The Morgan fingerprint density at radius 1 is 1.20 bits per heavy atom. The maximum Gasteiger partial charge on any atom is 0.278 e. The van der Waals surface area contributed by atoms with Crippen LogP contribution in [-0.2, 0) is 10.0 Å². The molecule has 1 amide bonds. The summed E-state index contributed by atoms with van der Waals surface area (Å²) in [5.41, 5.74) is 1.96. The summed E-state index contributed by atoms with van der Waals surface area (Å²) in [4.78, 5) is 16.5. The molecule has 2 aromatic carbocycles. The fraction of sp³-hybridized carbons (Fsp3) is 0.143. The summed E-state index contributed by atoms with van der Waals surface area (Å²) in [6, 6.07) is 14.3. The van der Waals surface area contributed by atoms with Crippen molar-refractivity contribution in [2.75, 3.05) is 18.0 Å². The molecule has 1 heterocycles. The van der Waals surface area contributed by atoms with Crippen molar-refractivity contribution in [2.24, 2.45) is 0 Å². The highest BCUT2D eigenvalue weighted by atomic mass is 32.2. The minimum absolute atomic E-state index is 0.00996. The SMILES string of the molecule is CC#CCOc1ccc(S(=O)(=O)N(C)c2nc3ccccc3cc2C(=O)NO)cc1. The van der Waals surface area contributed by atoms with Gasteiger partial charge in [-0.15, -0.1) is 5.92 Å². The van der Waals surface area contributed by atoms with Crippen molar-refractivity contribution >= 4 is 32.7 Å². The number of benzene rings is 2. The molecule has 0 radical (unpaired) electrons. The number of carbonyl (C=O) groups excluding carboxylic acids is 1. The second-order valence-electron chi connectivity index (χ2n) is 6.15. The Morgan fingerprint density at radius 2 is 1.90 bits per heavy atom. The van der Waals surface area contributed by atoms with E-state index in [1.54, 1.807) is 31.2 Å². The van der Waals surface area contributed by atoms with Crippen molar-refractivity contribution in [1.82, 2.24) is 10.5 Å². The van der Waals surface area contributed by atoms with E-state index in [0.29, 0.717) is 16.7 Å². The van der Waals surface area contributed by atoms with Crippen LogP contribution < -0.4 is 14.5 Å². The molecule has 9 heteroatoms. The summed E-state index contributed by atoms with van der Waals surface area (Å²) in [7, 11) is -2.75. The third-order valence-electron chi connectivity index (χ3n) is 4.32. The molecule has 30 heavy (non-hydrogen) atoms. The van der Waals surface area contributed by atoms with E-state index in [1.165, 1.54) is 42.9 Å². The molecule has 3 aromatic rings. The van der Waals surface area contributed by atoms with Gasteiger partial charge in [0.05, 0.1) is 16.0 Å². The first-order chi connectivity index (χ1) is 14.4. The number of carbonyl (C=O) groups is 1. The molecule has 3 rings (SSSR count). The number of rotatable bonds is 6. The van der Waals surface area contributed by atoms with Gasteiger partial charge in [0.2, 0.25) is 0 Å². The average Bonchev–Trinajstić information content (AvgIpc) is 2.77. The van der Waals surface area contributed by atoms with Gasteiger partial charge in [-0.3, -0.25) is 14.3 Å². The van der Waals surface area contributed by atoms with Crippen LogP contribution in [0.3, 0.4) is 0 Å². The predicted molar refractivity (Wildman–Crippen MR) is 112 cm³/mol. The van der Waals surface area contributed by atoms with Crippen molar-refractivity contribution in [2.45, 2.75) is 11.8 Å². The third kappa shape index (κ3) is 4.20. The fourth-order valence-electron chi connectivity index (χ4n) is 2.74. The number of nitrogens with zero attached hydrogens (tertiary/aromatic N) is 2. The van der Waals surface area contributed by atoms with Crippen LogP contribution in [0.4, 0.5) is 5.82 Å². The van der Waals surface area contributed by atoms with E-state index in [1.807, 2.05) is 0 Å². The van der Waals surface area contributed by atoms with Crippen LogP contribution in [-0.4, -0.2) is 38.2 Å². The highest BCUT2D eigenvalue weighted by Crippen LogP contribution is 2.28. The molecule has 1 aromatic heterocycles. The molecule has 0 aliphatic heterocycles. The molecule has 0 fully saturated rings. The minimum atomic E-state index is -4.04. The Morgan fingerprint density at radius 3 is 2.57 bits per heavy atom. The molecular formula is C21H19N3O5S. The Bertz CT molecular complexity index is 1250. The number of ether oxygens (including phenoxy) is 1. The Labute approximate surface area is 174 Å². The number of anilines is 1. The number of para-hydroxylation sites is 1. The zero-order chi connectivity index (χ0) is 21.7. The summed E-state index contributed by atoms with van der Waals surface area (Å²) < 4.78 is 32.6. The monoisotopic (exact) mass is 425 g/mol. The summed E-state index contributed by atoms with van der Waals surface area (Å²) in [5, 5.41) is 9.71. The summed E-state index contributed by atoms with van der Waals surface area (Å²) >= 11 is 0. The molecular weight excluding hydrogens is 406 g/mol. The molecule has 0 aliphatic rings. The highest BCUT2D eigenvalue weighted by molar-refractivity contribution is 7.92. The molecule has 0 aliphatic carbocycles. The van der Waals surface area contributed by atoms with Gasteiger partial charge in [0, 0.05) is 12.4 Å². The zero-order valence-electron chi connectivity index (χ0n) is 16.3. The van der Waals surface area contributed by atoms with Crippen LogP contribution >= 0.6 is 0 Å². The number of hydrogen-bond acceptors (Lipinski definition) is 6. The lowest BCUT2D eigenvalue weighted by molar-refractivity contribution is 0.0707. The van der Waals surface area contributed by atoms with E-state index < -0.39 is 15.9 Å². The standard InChI is InChI=1S/C21H19N3O5S/c1-3-4-13-29-16-9-11-17(12-10-16)30(27,28)24(2)20-18(21(25)23-26)14-15-7-5-6-8-19(15)22-20/h5-12,14,26H,13H2,1-2H3,(H,23,25). The van der Waals surface area contributed by atoms with E-state index in [4.69, 9.17) is 9.94 Å². The van der Waals surface area contributed by atoms with Crippen molar-refractivity contribution in [1.29, 1.82) is 0 Å². The first kappa shape index (κ1) is 21.1. The lowest BCUT2D eigenvalue weighted by Crippen LogP contribution is -2.31. The molecule has 0 saturated heterocycles. The second-order valence-corrected chi connectivity index (χ2v) is 8.12. The molecule has 0 atom stereocenters. The number of amides is 1. The largest absolute Gasteiger partial charge is 0.481 e. The first-order valence-electron chi connectivity index (χ1n) is 8.84. The van der Waals surface area contributed by atoms with Crippen molar-refractivity contribution in [3.05, 3.63) is 60.2 Å². The Balaban J connectivity index is 2.01. The average molecular weight is 425 g/mol. The van der Waals surface area contributed by atoms with Gasteiger partial charge in [0.25, 0.3) is 15.9 Å². The highest BCUT2D eigenvalue weighted by Gasteiger charge is 2.27. The maximum atomic E-state index is 13.1. The van der Waals surface area contributed by atoms with Crippen LogP contribution in [0.25, 0.3) is 10.9 Å². The molecule has 0 spiro atoms. The van der Waals surface area contributed by atoms with E-state index in [9.17, 15) is 13.2 Å². The fourth-order valence-corrected chi connectivity index (χ4v) is 3.91. The van der Waals surface area contributed by atoms with Crippen LogP contribution in [0.1, 0.15) is 17.3 Å². The van der Waals surface area contributed by atoms with Crippen LogP contribution in [0.2, 0.25) is 0 Å². The normalized spacial score (nSPS) is 10.8. The molecule has 0 unspecified atom stereocenters. The van der Waals surface area contributed by atoms with Gasteiger partial charge in [0.15, 0.2) is 5.82 Å². The van der Waals surface area contributed by atoms with Gasteiger partial charge in [0.1, 0.15) is 12.4 Å². The molecule has 0 saturated carbocycles. The lowest BCUT2D eigenvalue weighted by atomic mass is 10.1. The number of sulfonamides is 1. The van der Waals surface area contributed by atoms with Crippen LogP contribution in [0.15, 0.2) is 59.5 Å². The van der Waals surface area contributed by atoms with Gasteiger partial charge in [-0.25, -0.2) is 18.9 Å². The van der Waals surface area contributed by atoms with Crippen LogP contribution in [0, 0.1) is 11.8 Å². The van der Waals surface area contributed by atoms with Gasteiger partial charge < -0.3 is 4.74 Å². The topological polar surface area (TPSA) is 109 Å². The minimum Gasteiger partial charge on any atom is -0.481 e. The molecule has 2 N–H and O–H groups in total. The number of hydrogen-bond donors (Lipinski definition) is 2. The lowest BCUT2D eigenvalue weighted by Gasteiger charge is -2.21. The quantitative estimate of drug-likeness (QED) is 0.357. The number of fused-ring (bicyclic) bond motifs is 1. The number of aromatic nitrogens is 1. The first-order valence-corrected chi connectivity index (χ1v) is 10.3. The smallest absolute Gasteiger partial charge is 0.278 e. The predicted octanol–water partition coefficient (Wildman–Crippen LogP) is 2.58. The summed E-state index contributed by atoms with van der Waals surface area (Å²) in [6.45, 7) is 1.89. The van der Waals surface area contributed by atoms with Crippen LogP contribution in [0.5, 0.6) is 5.75 Å². The molecule has 8 nitrogen and oxygen atoms in total. The van der Waals surface area contributed by atoms with Gasteiger partial charge in [-0.1, -0.05) is 24.1 Å². The molecule has 154 valence electrons. The van der Waals surface area contributed by atoms with Gasteiger partial charge in [-0.2, -0.15) is 0 Å². The number of pyridine rings is 1. The van der Waals surface area contributed by atoms with Crippen molar-refractivity contribution in [3.8, 4) is 17.6 Å². The Hall–Kier alpha value is -3.61. The zero-order valence-corrected chi connectivity index (χ0v) is 17.1. The van der Waals surface area contributed by atoms with Gasteiger partial charge in [-0.05, 0) is 43.3 Å².